The molecule has 0 radical (unpaired) electrons. The van der Waals surface area contributed by atoms with E-state index in [0.717, 1.165) is 31.9 Å². The van der Waals surface area contributed by atoms with E-state index in [9.17, 15) is 14.4 Å². The fourth-order valence-corrected chi connectivity index (χ4v) is 8.46. The lowest BCUT2D eigenvalue weighted by molar-refractivity contribution is -0.138. The summed E-state index contributed by atoms with van der Waals surface area (Å²) in [5.74, 6) is -0.465. The zero-order valence-electron chi connectivity index (χ0n) is 19.6. The Morgan fingerprint density at radius 1 is 1.15 bits per heavy atom. The Bertz CT molecular complexity index is 906. The number of piperazine rings is 1. The molecule has 2 amide bonds. The van der Waals surface area contributed by atoms with Gasteiger partial charge in [0, 0.05) is 44.0 Å². The maximum atomic E-state index is 13.5. The number of amides is 2. The number of Topliss-reactive ketones (excluding diaryl/α,β-unsaturated/α-hetero) is 1. The Labute approximate surface area is 205 Å². The maximum absolute atomic E-state index is 13.5. The molecular formula is C23H33AlN4O4S. The molecule has 3 heterocycles. The third-order valence-electron chi connectivity index (χ3n) is 6.88. The predicted molar refractivity (Wildman–Crippen MR) is 132 cm³/mol. The molecule has 1 aromatic carbocycles. The fraction of sp³-hybridized carbons (Fsp3) is 0.609. The van der Waals surface area contributed by atoms with Gasteiger partial charge in [-0.2, -0.15) is 12.6 Å². The molecule has 0 spiro atoms. The summed E-state index contributed by atoms with van der Waals surface area (Å²) < 4.78 is 4.58. The highest BCUT2D eigenvalue weighted by atomic mass is 32.1. The van der Waals surface area contributed by atoms with Gasteiger partial charge in [-0.15, -0.1) is 0 Å². The number of hydrogen-bond donors (Lipinski definition) is 2. The number of likely N-dealkylation sites (N-methyl/N-ethyl adjacent to an activating group) is 1. The van der Waals surface area contributed by atoms with Crippen LogP contribution in [0.15, 0.2) is 24.3 Å². The molecule has 0 aliphatic carbocycles. The van der Waals surface area contributed by atoms with Crippen molar-refractivity contribution in [2.24, 2.45) is 5.92 Å². The van der Waals surface area contributed by atoms with Gasteiger partial charge in [0.25, 0.3) is 5.91 Å². The largest absolute Gasteiger partial charge is 0.516 e. The van der Waals surface area contributed by atoms with Gasteiger partial charge in [-0.05, 0) is 48.9 Å². The molecule has 2 atom stereocenters. The van der Waals surface area contributed by atoms with E-state index >= 15 is 0 Å². The Kier molecular flexibility index (Phi) is 7.42. The van der Waals surface area contributed by atoms with Crippen molar-refractivity contribution in [3.05, 3.63) is 29.8 Å². The number of nitrogens with one attached hydrogen (secondary N) is 1. The predicted octanol–water partition coefficient (Wildman–Crippen LogP) is 1.18. The molecule has 8 nitrogen and oxygen atoms in total. The first-order valence-electron chi connectivity index (χ1n) is 11.7. The smallest absolute Gasteiger partial charge is 0.493 e. The lowest BCUT2D eigenvalue weighted by Crippen LogP contribution is -2.58. The third-order valence-corrected chi connectivity index (χ3v) is 11.1. The number of anilines is 1. The summed E-state index contributed by atoms with van der Waals surface area (Å²) in [6, 6.07) is 6.85. The minimum atomic E-state index is -1.93. The SMILES string of the molecule is CC(C)C[C@H](NC(=O)c1ccc(N2CCN(C)CC2)cc1)C(=O)N1C[CH2][Al]2[O]CC(=O)[C]12S. The van der Waals surface area contributed by atoms with E-state index in [0.29, 0.717) is 23.8 Å². The molecule has 4 rings (SSSR count). The molecular weight excluding hydrogens is 455 g/mol. The minimum Gasteiger partial charge on any atom is -0.493 e. The van der Waals surface area contributed by atoms with Crippen LogP contribution in [0.4, 0.5) is 5.69 Å². The number of hydrogen-bond acceptors (Lipinski definition) is 7. The number of carbonyl (C=O) groups excluding carboxylic acids is 3. The van der Waals surface area contributed by atoms with Crippen molar-refractivity contribution < 1.29 is 18.2 Å². The second-order valence-electron chi connectivity index (χ2n) is 9.72. The van der Waals surface area contributed by atoms with Gasteiger partial charge in [-0.3, -0.25) is 14.4 Å². The van der Waals surface area contributed by atoms with Crippen LogP contribution in [0.2, 0.25) is 5.28 Å². The molecule has 0 bridgehead atoms. The third kappa shape index (κ3) is 4.96. The minimum absolute atomic E-state index is 0.0328. The van der Waals surface area contributed by atoms with Gasteiger partial charge in [0.2, 0.25) is 5.91 Å². The molecule has 1 unspecified atom stereocenters. The summed E-state index contributed by atoms with van der Waals surface area (Å²) >= 11 is 2.73. The van der Waals surface area contributed by atoms with Gasteiger partial charge in [-0.1, -0.05) is 13.8 Å². The Hall–Kier alpha value is -1.57. The quantitative estimate of drug-likeness (QED) is 0.462. The summed E-state index contributed by atoms with van der Waals surface area (Å²) in [7, 11) is 2.12. The zero-order chi connectivity index (χ0) is 23.8. The standard InChI is InChI=1S/C23H33N4O4S.Al/c1-5-27(23(32)20(29)15-28)22(31)19(14-16(2)3)24-21(30)17-6-8-18(9-7-17)26-12-10-25(4)11-13-26;/h6-9,16,19,32H,1,5,10-15H2,2-4H3,(H,24,30);/q-1;+1/t19-;/m0./s1. The van der Waals surface area contributed by atoms with Gasteiger partial charge in [0.05, 0.1) is 6.61 Å². The summed E-state index contributed by atoms with van der Waals surface area (Å²) in [4.78, 5) is 45.2. The van der Waals surface area contributed by atoms with Gasteiger partial charge in [0.1, 0.15) is 9.77 Å². The van der Waals surface area contributed by atoms with E-state index in [4.69, 9.17) is 3.79 Å². The lowest BCUT2D eigenvalue weighted by Gasteiger charge is -2.34. The van der Waals surface area contributed by atoms with Crippen molar-refractivity contribution in [1.82, 2.24) is 15.1 Å². The topological polar surface area (TPSA) is 82.2 Å². The average molecular weight is 489 g/mol. The van der Waals surface area contributed by atoms with Gasteiger partial charge >= 0.3 is 14.5 Å². The molecule has 0 saturated carbocycles. The summed E-state index contributed by atoms with van der Waals surface area (Å²) in [5, 5.41) is 3.64. The fourth-order valence-electron chi connectivity index (χ4n) is 4.89. The molecule has 3 fully saturated rings. The molecule has 1 aromatic rings. The van der Waals surface area contributed by atoms with Crippen LogP contribution in [0.5, 0.6) is 0 Å². The number of thiol groups is 1. The number of ketones is 1. The molecule has 3 aliphatic rings. The molecule has 0 aromatic heterocycles. The zero-order valence-corrected chi connectivity index (χ0v) is 21.7. The van der Waals surface area contributed by atoms with Crippen LogP contribution in [0, 0.1) is 5.92 Å². The van der Waals surface area contributed by atoms with Gasteiger partial charge in [-0.25, -0.2) is 0 Å². The normalized spacial score (nSPS) is 24.4. The maximum Gasteiger partial charge on any atom is 0.516 e. The highest BCUT2D eigenvalue weighted by Crippen LogP contribution is 2.39. The van der Waals surface area contributed by atoms with Crippen LogP contribution in [0.1, 0.15) is 30.6 Å². The first-order chi connectivity index (χ1) is 15.7. The highest BCUT2D eigenvalue weighted by Gasteiger charge is 2.64. The molecule has 178 valence electrons. The summed E-state index contributed by atoms with van der Waals surface area (Å²) in [6.07, 6.45) is 0.492. The molecule has 3 aliphatic heterocycles. The molecule has 33 heavy (non-hydrogen) atoms. The number of benzene rings is 1. The summed E-state index contributed by atoms with van der Waals surface area (Å²) in [6.45, 7) is 8.46. The first kappa shape index (κ1) is 24.6. The second kappa shape index (κ2) is 9.97. The van der Waals surface area contributed by atoms with Crippen LogP contribution < -0.4 is 10.2 Å². The van der Waals surface area contributed by atoms with Crippen molar-refractivity contribution in [2.45, 2.75) is 35.3 Å². The molecule has 1 N–H and O–H groups in total. The van der Waals surface area contributed by atoms with E-state index in [1.807, 2.05) is 38.1 Å². The summed E-state index contributed by atoms with van der Waals surface area (Å²) in [5.41, 5.74) is 1.61. The molecule has 10 heteroatoms. The first-order valence-corrected chi connectivity index (χ1v) is 14.0. The Morgan fingerprint density at radius 3 is 2.45 bits per heavy atom. The van der Waals surface area contributed by atoms with Gasteiger partial charge < -0.3 is 23.8 Å². The van der Waals surface area contributed by atoms with Crippen LogP contribution >= 0.6 is 12.6 Å². The van der Waals surface area contributed by atoms with Crippen molar-refractivity contribution in [2.75, 3.05) is 51.3 Å². The van der Waals surface area contributed by atoms with E-state index in [2.05, 4.69) is 34.8 Å². The molecule has 3 saturated heterocycles. The highest BCUT2D eigenvalue weighted by molar-refractivity contribution is 7.85. The van der Waals surface area contributed by atoms with Gasteiger partial charge in [0.15, 0.2) is 5.78 Å². The van der Waals surface area contributed by atoms with E-state index in [-0.39, 0.29) is 30.1 Å². The number of nitrogens with zero attached hydrogens (tertiary/aromatic N) is 3. The number of rotatable bonds is 6. The van der Waals surface area contributed by atoms with Crippen LogP contribution in [0.3, 0.4) is 0 Å². The van der Waals surface area contributed by atoms with Crippen LogP contribution in [-0.4, -0.2) is 98.0 Å². The van der Waals surface area contributed by atoms with Crippen molar-refractivity contribution in [3.63, 3.8) is 0 Å². The number of fused-ring (bicyclic) bond motifs is 1. The Morgan fingerprint density at radius 2 is 1.82 bits per heavy atom. The lowest BCUT2D eigenvalue weighted by atomic mass is 10.0. The monoisotopic (exact) mass is 488 g/mol. The number of carbonyl (C=O) groups is 3. The van der Waals surface area contributed by atoms with E-state index < -0.39 is 24.3 Å². The van der Waals surface area contributed by atoms with Crippen LogP contribution in [-0.2, 0) is 13.4 Å². The van der Waals surface area contributed by atoms with Crippen molar-refractivity contribution >= 4 is 50.4 Å². The Balaban J connectivity index is 1.45. The van der Waals surface area contributed by atoms with Crippen molar-refractivity contribution in [1.29, 1.82) is 0 Å². The van der Waals surface area contributed by atoms with E-state index in [1.165, 1.54) is 0 Å². The second-order valence-corrected chi connectivity index (χ2v) is 13.6. The average Bonchev–Trinajstić information content (AvgIpc) is 3.28. The van der Waals surface area contributed by atoms with Crippen molar-refractivity contribution in [3.8, 4) is 0 Å². The van der Waals surface area contributed by atoms with Crippen LogP contribution in [0.25, 0.3) is 0 Å². The van der Waals surface area contributed by atoms with E-state index in [1.54, 1.807) is 4.90 Å².